The van der Waals surface area contributed by atoms with Crippen molar-refractivity contribution in [3.63, 3.8) is 0 Å². The first-order valence-electron chi connectivity index (χ1n) is 6.82. The van der Waals surface area contributed by atoms with Crippen LogP contribution < -0.4 is 11.2 Å². The maximum absolute atomic E-state index is 12.2. The second kappa shape index (κ2) is 5.52. The molecule has 2 heterocycles. The molecule has 0 saturated carbocycles. The molecule has 0 radical (unpaired) electrons. The third-order valence-corrected chi connectivity index (χ3v) is 3.37. The number of aromatic nitrogens is 5. The summed E-state index contributed by atoms with van der Waals surface area (Å²) in [7, 11) is 2.97. The Morgan fingerprint density at radius 2 is 2.00 bits per heavy atom. The molecule has 23 heavy (non-hydrogen) atoms. The summed E-state index contributed by atoms with van der Waals surface area (Å²) in [6.07, 6.45) is 0. The predicted molar refractivity (Wildman–Crippen MR) is 82.0 cm³/mol. The number of carbonyl (C=O) groups is 1. The van der Waals surface area contributed by atoms with Crippen molar-refractivity contribution in [3.05, 3.63) is 56.8 Å². The third-order valence-electron chi connectivity index (χ3n) is 3.37. The molecule has 0 atom stereocenters. The highest BCUT2D eigenvalue weighted by Gasteiger charge is 2.18. The molecule has 0 saturated heterocycles. The number of H-pyrrole nitrogens is 2. The van der Waals surface area contributed by atoms with Gasteiger partial charge in [0, 0.05) is 14.1 Å². The number of benzene rings is 1. The number of nitrogens with zero attached hydrogens (tertiary/aromatic N) is 4. The lowest BCUT2D eigenvalue weighted by molar-refractivity contribution is 0.0769. The molecule has 118 valence electrons. The highest BCUT2D eigenvalue weighted by atomic mass is 16.2. The first-order valence-corrected chi connectivity index (χ1v) is 6.82. The van der Waals surface area contributed by atoms with Crippen LogP contribution in [0.15, 0.2) is 33.9 Å². The number of aromatic amines is 2. The summed E-state index contributed by atoms with van der Waals surface area (Å²) in [5, 5.41) is 4.29. The van der Waals surface area contributed by atoms with E-state index in [-0.39, 0.29) is 17.9 Å². The number of fused-ring (bicyclic) bond motifs is 1. The lowest BCUT2D eigenvalue weighted by Gasteiger charge is -2.14. The van der Waals surface area contributed by atoms with E-state index < -0.39 is 11.6 Å². The quantitative estimate of drug-likeness (QED) is 0.683. The molecule has 3 rings (SSSR count). The Kier molecular flexibility index (Phi) is 3.53. The zero-order valence-corrected chi connectivity index (χ0v) is 12.5. The molecule has 0 unspecified atom stereocenters. The van der Waals surface area contributed by atoms with Gasteiger partial charge in [-0.25, -0.2) is 14.5 Å². The molecule has 0 bridgehead atoms. The Morgan fingerprint density at radius 1 is 1.26 bits per heavy atom. The number of carbonyl (C=O) groups excluding carboxylic acids is 1. The van der Waals surface area contributed by atoms with Crippen molar-refractivity contribution in [2.45, 2.75) is 6.54 Å². The van der Waals surface area contributed by atoms with Crippen molar-refractivity contribution < 1.29 is 4.79 Å². The zero-order chi connectivity index (χ0) is 16.6. The standard InChI is InChI=1S/C14H14N6O3/c1-19(13(22)11-17-14(23)20(2)18-11)7-10-15-9-6-4-3-5-8(9)12(21)16-10/h3-6H,7H2,1-2H3,(H,15,16,21)(H,17,18,23). The van der Waals surface area contributed by atoms with Crippen molar-refractivity contribution in [1.82, 2.24) is 29.6 Å². The van der Waals surface area contributed by atoms with Crippen molar-refractivity contribution in [2.75, 3.05) is 7.05 Å². The van der Waals surface area contributed by atoms with Crippen LogP contribution in [0.3, 0.4) is 0 Å². The molecule has 0 aliphatic rings. The summed E-state index contributed by atoms with van der Waals surface area (Å²) in [4.78, 5) is 46.2. The number of amides is 1. The zero-order valence-electron chi connectivity index (χ0n) is 12.5. The van der Waals surface area contributed by atoms with E-state index in [1.807, 2.05) is 0 Å². The molecule has 1 aromatic carbocycles. The van der Waals surface area contributed by atoms with Gasteiger partial charge in [0.05, 0.1) is 17.4 Å². The summed E-state index contributed by atoms with van der Waals surface area (Å²) in [5.41, 5.74) is -0.185. The van der Waals surface area contributed by atoms with E-state index >= 15 is 0 Å². The van der Waals surface area contributed by atoms with Crippen molar-refractivity contribution >= 4 is 16.8 Å². The molecule has 9 heteroatoms. The smallest absolute Gasteiger partial charge is 0.332 e. The van der Waals surface area contributed by atoms with Gasteiger partial charge in [0.15, 0.2) is 0 Å². The van der Waals surface area contributed by atoms with E-state index in [1.54, 1.807) is 24.3 Å². The molecule has 9 nitrogen and oxygen atoms in total. The number of rotatable bonds is 3. The monoisotopic (exact) mass is 314 g/mol. The van der Waals surface area contributed by atoms with Crippen LogP contribution in [0.25, 0.3) is 10.9 Å². The van der Waals surface area contributed by atoms with Crippen LogP contribution in [0.1, 0.15) is 16.4 Å². The SMILES string of the molecule is CN(Cc1nc2ccccc2c(=O)[nH]1)C(=O)c1nn(C)c(=O)[nH]1. The van der Waals surface area contributed by atoms with Gasteiger partial charge < -0.3 is 9.88 Å². The Hall–Kier alpha value is -3.23. The fourth-order valence-corrected chi connectivity index (χ4v) is 2.19. The number of aryl methyl sites for hydroxylation is 1. The van der Waals surface area contributed by atoms with Crippen molar-refractivity contribution in [3.8, 4) is 0 Å². The topological polar surface area (TPSA) is 117 Å². The summed E-state index contributed by atoms with van der Waals surface area (Å²) in [6, 6.07) is 6.95. The molecule has 0 fully saturated rings. The fraction of sp³-hybridized carbons (Fsp3) is 0.214. The van der Waals surface area contributed by atoms with Gasteiger partial charge in [0.25, 0.3) is 11.5 Å². The number of nitrogens with one attached hydrogen (secondary N) is 2. The number of hydrogen-bond acceptors (Lipinski definition) is 5. The van der Waals surface area contributed by atoms with Gasteiger partial charge in [-0.2, -0.15) is 0 Å². The Morgan fingerprint density at radius 3 is 2.70 bits per heavy atom. The Labute approximate surface area is 129 Å². The minimum absolute atomic E-state index is 0.0665. The molecule has 0 aliphatic carbocycles. The van der Waals surface area contributed by atoms with Crippen LogP contribution in [0.5, 0.6) is 0 Å². The molecule has 2 N–H and O–H groups in total. The molecule has 3 aromatic rings. The van der Waals surface area contributed by atoms with Crippen LogP contribution in [0.2, 0.25) is 0 Å². The second-order valence-electron chi connectivity index (χ2n) is 5.09. The second-order valence-corrected chi connectivity index (χ2v) is 5.09. The van der Waals surface area contributed by atoms with E-state index in [2.05, 4.69) is 20.1 Å². The number of para-hydroxylation sites is 1. The first-order chi connectivity index (χ1) is 11.0. The summed E-state index contributed by atoms with van der Waals surface area (Å²) in [6.45, 7) is 0.0809. The van der Waals surface area contributed by atoms with Gasteiger partial charge in [-0.1, -0.05) is 12.1 Å². The van der Waals surface area contributed by atoms with Crippen LogP contribution in [-0.4, -0.2) is 42.6 Å². The van der Waals surface area contributed by atoms with Crippen LogP contribution in [-0.2, 0) is 13.6 Å². The molecular formula is C14H14N6O3. The maximum atomic E-state index is 12.2. The normalized spacial score (nSPS) is 10.9. The Bertz CT molecular complexity index is 999. The molecule has 2 aromatic heterocycles. The summed E-state index contributed by atoms with van der Waals surface area (Å²) in [5.74, 6) is -0.190. The Balaban J connectivity index is 1.87. The van der Waals surface area contributed by atoms with Crippen LogP contribution in [0, 0.1) is 0 Å². The maximum Gasteiger partial charge on any atom is 0.343 e. The molecule has 0 aliphatic heterocycles. The average Bonchev–Trinajstić information content (AvgIpc) is 2.86. The molecular weight excluding hydrogens is 300 g/mol. The largest absolute Gasteiger partial charge is 0.343 e. The summed E-state index contributed by atoms with van der Waals surface area (Å²) >= 11 is 0. The van der Waals surface area contributed by atoms with Gasteiger partial charge in [0.1, 0.15) is 5.82 Å². The van der Waals surface area contributed by atoms with E-state index in [0.717, 1.165) is 4.68 Å². The van der Waals surface area contributed by atoms with E-state index in [0.29, 0.717) is 16.7 Å². The van der Waals surface area contributed by atoms with Crippen molar-refractivity contribution in [1.29, 1.82) is 0 Å². The first kappa shape index (κ1) is 14.7. The highest BCUT2D eigenvalue weighted by molar-refractivity contribution is 5.90. The van der Waals surface area contributed by atoms with Gasteiger partial charge >= 0.3 is 5.69 Å². The highest BCUT2D eigenvalue weighted by Crippen LogP contribution is 2.07. The van der Waals surface area contributed by atoms with Gasteiger partial charge in [-0.05, 0) is 12.1 Å². The van der Waals surface area contributed by atoms with Gasteiger partial charge in [-0.3, -0.25) is 14.6 Å². The predicted octanol–water partition coefficient (Wildman–Crippen LogP) is -0.383. The number of hydrogen-bond donors (Lipinski definition) is 2. The lowest BCUT2D eigenvalue weighted by Crippen LogP contribution is -2.29. The average molecular weight is 314 g/mol. The van der Waals surface area contributed by atoms with E-state index in [4.69, 9.17) is 0 Å². The fourth-order valence-electron chi connectivity index (χ4n) is 2.19. The van der Waals surface area contributed by atoms with Gasteiger partial charge in [0.2, 0.25) is 5.82 Å². The minimum Gasteiger partial charge on any atom is -0.332 e. The van der Waals surface area contributed by atoms with E-state index in [9.17, 15) is 14.4 Å². The van der Waals surface area contributed by atoms with Crippen LogP contribution in [0.4, 0.5) is 0 Å². The molecule has 1 amide bonds. The van der Waals surface area contributed by atoms with Crippen molar-refractivity contribution in [2.24, 2.45) is 7.05 Å². The minimum atomic E-state index is -0.474. The third kappa shape index (κ3) is 2.76. The van der Waals surface area contributed by atoms with Gasteiger partial charge in [-0.15, -0.1) is 5.10 Å². The summed E-state index contributed by atoms with van der Waals surface area (Å²) < 4.78 is 1.04. The lowest BCUT2D eigenvalue weighted by atomic mass is 10.2. The molecule has 0 spiro atoms. The van der Waals surface area contributed by atoms with E-state index in [1.165, 1.54) is 19.0 Å². The van der Waals surface area contributed by atoms with Crippen LogP contribution >= 0.6 is 0 Å².